The van der Waals surface area contributed by atoms with Gasteiger partial charge in [0, 0.05) is 32.4 Å². The van der Waals surface area contributed by atoms with Gasteiger partial charge in [0.25, 0.3) is 11.8 Å². The summed E-state index contributed by atoms with van der Waals surface area (Å²) in [6.07, 6.45) is 2.10. The van der Waals surface area contributed by atoms with Crippen LogP contribution in [0.15, 0.2) is 18.2 Å². The maximum Gasteiger partial charge on any atom is 0.262 e. The molecule has 4 heterocycles. The van der Waals surface area contributed by atoms with Crippen LogP contribution in [0.5, 0.6) is 0 Å². The van der Waals surface area contributed by atoms with Crippen molar-refractivity contribution in [1.29, 1.82) is 0 Å². The summed E-state index contributed by atoms with van der Waals surface area (Å²) in [6.45, 7) is 3.97. The van der Waals surface area contributed by atoms with E-state index in [2.05, 4.69) is 15.5 Å². The molecule has 5 rings (SSSR count). The molecule has 9 nitrogen and oxygen atoms in total. The van der Waals surface area contributed by atoms with E-state index in [1.54, 1.807) is 12.1 Å². The molecule has 1 unspecified atom stereocenters. The summed E-state index contributed by atoms with van der Waals surface area (Å²) in [4.78, 5) is 52.8. The van der Waals surface area contributed by atoms with Crippen molar-refractivity contribution in [2.75, 3.05) is 26.2 Å². The smallest absolute Gasteiger partial charge is 0.262 e. The molecule has 0 aliphatic carbocycles. The molecule has 158 valence electrons. The van der Waals surface area contributed by atoms with E-state index in [1.165, 1.54) is 0 Å². The molecule has 1 aromatic rings. The fourth-order valence-electron chi connectivity index (χ4n) is 4.98. The van der Waals surface area contributed by atoms with Crippen LogP contribution >= 0.6 is 0 Å². The Morgan fingerprint density at radius 1 is 1.07 bits per heavy atom. The third-order valence-electron chi connectivity index (χ3n) is 6.57. The van der Waals surface area contributed by atoms with E-state index in [-0.39, 0.29) is 24.5 Å². The SMILES string of the molecule is O=C1CCC(N2C(=O)c3ccc(CN4CCOC45CCNCC5)cc3C2=O)C(=O)N1. The number of rotatable bonds is 3. The van der Waals surface area contributed by atoms with Crippen molar-refractivity contribution in [2.24, 2.45) is 0 Å². The maximum absolute atomic E-state index is 13.0. The number of hydrogen-bond acceptors (Lipinski definition) is 7. The van der Waals surface area contributed by atoms with Crippen molar-refractivity contribution in [3.05, 3.63) is 34.9 Å². The summed E-state index contributed by atoms with van der Waals surface area (Å²) in [5.74, 6) is -1.92. The zero-order valence-electron chi connectivity index (χ0n) is 16.6. The summed E-state index contributed by atoms with van der Waals surface area (Å²) < 4.78 is 6.10. The van der Waals surface area contributed by atoms with Gasteiger partial charge in [0.15, 0.2) is 0 Å². The Kier molecular flexibility index (Phi) is 4.68. The maximum atomic E-state index is 13.0. The van der Waals surface area contributed by atoms with E-state index >= 15 is 0 Å². The lowest BCUT2D eigenvalue weighted by molar-refractivity contribution is -0.136. The Labute approximate surface area is 173 Å². The molecule has 0 saturated carbocycles. The number of piperidine rings is 2. The Morgan fingerprint density at radius 3 is 2.60 bits per heavy atom. The first-order chi connectivity index (χ1) is 14.5. The number of carbonyl (C=O) groups is 4. The van der Waals surface area contributed by atoms with Crippen LogP contribution in [-0.2, 0) is 20.9 Å². The van der Waals surface area contributed by atoms with Crippen LogP contribution in [0.4, 0.5) is 0 Å². The number of fused-ring (bicyclic) bond motifs is 1. The lowest BCUT2D eigenvalue weighted by atomic mass is 9.99. The number of amides is 4. The van der Waals surface area contributed by atoms with Crippen LogP contribution in [0.3, 0.4) is 0 Å². The summed E-state index contributed by atoms with van der Waals surface area (Å²) in [6, 6.07) is 4.35. The standard InChI is InChI=1S/C21H24N4O5/c26-17-4-3-16(18(27)23-17)25-19(28)14-2-1-13(11-15(14)20(25)29)12-24-9-10-30-21(24)5-7-22-8-6-21/h1-2,11,16,22H,3-10,12H2,(H,23,26,27). The number of benzene rings is 1. The number of hydrogen-bond donors (Lipinski definition) is 2. The van der Waals surface area contributed by atoms with Gasteiger partial charge in [-0.2, -0.15) is 0 Å². The average molecular weight is 412 g/mol. The van der Waals surface area contributed by atoms with Crippen LogP contribution in [0.1, 0.15) is 52.0 Å². The van der Waals surface area contributed by atoms with E-state index in [9.17, 15) is 19.2 Å². The molecule has 3 saturated heterocycles. The number of carbonyl (C=O) groups excluding carboxylic acids is 4. The van der Waals surface area contributed by atoms with E-state index in [0.717, 1.165) is 42.9 Å². The van der Waals surface area contributed by atoms with Gasteiger partial charge in [0.05, 0.1) is 17.7 Å². The third-order valence-corrected chi connectivity index (χ3v) is 6.57. The van der Waals surface area contributed by atoms with Gasteiger partial charge in [-0.3, -0.25) is 34.3 Å². The molecule has 1 spiro atoms. The van der Waals surface area contributed by atoms with Gasteiger partial charge < -0.3 is 10.1 Å². The number of imide groups is 2. The second kappa shape index (κ2) is 7.26. The molecule has 1 aromatic carbocycles. The van der Waals surface area contributed by atoms with Crippen molar-refractivity contribution in [1.82, 2.24) is 20.4 Å². The van der Waals surface area contributed by atoms with Gasteiger partial charge in [-0.25, -0.2) is 0 Å². The minimum atomic E-state index is -0.941. The topological polar surface area (TPSA) is 108 Å². The van der Waals surface area contributed by atoms with Crippen molar-refractivity contribution < 1.29 is 23.9 Å². The van der Waals surface area contributed by atoms with Gasteiger partial charge in [-0.15, -0.1) is 0 Å². The van der Waals surface area contributed by atoms with Gasteiger partial charge in [-0.1, -0.05) is 6.07 Å². The quantitative estimate of drug-likeness (QED) is 0.673. The Hall–Kier alpha value is -2.62. The molecule has 4 aliphatic heterocycles. The van der Waals surface area contributed by atoms with Gasteiger partial charge >= 0.3 is 0 Å². The first-order valence-corrected chi connectivity index (χ1v) is 10.4. The van der Waals surface area contributed by atoms with E-state index in [1.807, 2.05) is 6.07 Å². The molecule has 9 heteroatoms. The Balaban J connectivity index is 1.37. The lowest BCUT2D eigenvalue weighted by Gasteiger charge is -2.40. The van der Waals surface area contributed by atoms with E-state index in [0.29, 0.717) is 24.3 Å². The summed E-state index contributed by atoms with van der Waals surface area (Å²) in [5, 5.41) is 5.58. The molecule has 1 atom stereocenters. The summed E-state index contributed by atoms with van der Waals surface area (Å²) in [7, 11) is 0. The fraction of sp³-hybridized carbons (Fsp3) is 0.524. The highest BCUT2D eigenvalue weighted by molar-refractivity contribution is 6.23. The van der Waals surface area contributed by atoms with Crippen molar-refractivity contribution >= 4 is 23.6 Å². The first kappa shape index (κ1) is 19.3. The van der Waals surface area contributed by atoms with Crippen LogP contribution < -0.4 is 10.6 Å². The highest BCUT2D eigenvalue weighted by Gasteiger charge is 2.46. The molecule has 4 aliphatic rings. The molecule has 4 amide bonds. The number of nitrogens with zero attached hydrogens (tertiary/aromatic N) is 2. The molecule has 0 bridgehead atoms. The minimum Gasteiger partial charge on any atom is -0.359 e. The van der Waals surface area contributed by atoms with Gasteiger partial charge in [0.1, 0.15) is 11.8 Å². The predicted octanol–water partition coefficient (Wildman–Crippen LogP) is -0.000300. The second-order valence-corrected chi connectivity index (χ2v) is 8.29. The molecular formula is C21H24N4O5. The molecule has 30 heavy (non-hydrogen) atoms. The largest absolute Gasteiger partial charge is 0.359 e. The second-order valence-electron chi connectivity index (χ2n) is 8.29. The highest BCUT2D eigenvalue weighted by Crippen LogP contribution is 2.34. The van der Waals surface area contributed by atoms with Gasteiger partial charge in [0.2, 0.25) is 11.8 Å². The van der Waals surface area contributed by atoms with Crippen LogP contribution in [-0.4, -0.2) is 71.4 Å². The third kappa shape index (κ3) is 3.05. The van der Waals surface area contributed by atoms with Gasteiger partial charge in [-0.05, 0) is 37.2 Å². The fourth-order valence-corrected chi connectivity index (χ4v) is 4.98. The molecule has 0 aromatic heterocycles. The van der Waals surface area contributed by atoms with Crippen molar-refractivity contribution in [3.8, 4) is 0 Å². The average Bonchev–Trinajstić information content (AvgIpc) is 3.21. The van der Waals surface area contributed by atoms with Crippen molar-refractivity contribution in [2.45, 2.75) is 44.0 Å². The minimum absolute atomic E-state index is 0.112. The molecule has 2 N–H and O–H groups in total. The Bertz CT molecular complexity index is 939. The van der Waals surface area contributed by atoms with Crippen LogP contribution in [0.2, 0.25) is 0 Å². The Morgan fingerprint density at radius 2 is 1.83 bits per heavy atom. The molecular weight excluding hydrogens is 388 g/mol. The van der Waals surface area contributed by atoms with Crippen molar-refractivity contribution in [3.63, 3.8) is 0 Å². The number of ether oxygens (including phenoxy) is 1. The summed E-state index contributed by atoms with van der Waals surface area (Å²) >= 11 is 0. The van der Waals surface area contributed by atoms with E-state index in [4.69, 9.17) is 4.74 Å². The highest BCUT2D eigenvalue weighted by atomic mass is 16.5. The molecule has 0 radical (unpaired) electrons. The zero-order valence-corrected chi connectivity index (χ0v) is 16.6. The summed E-state index contributed by atoms with van der Waals surface area (Å²) in [5.41, 5.74) is 1.30. The predicted molar refractivity (Wildman–Crippen MR) is 104 cm³/mol. The lowest BCUT2D eigenvalue weighted by Crippen LogP contribution is -2.54. The van der Waals surface area contributed by atoms with Crippen LogP contribution in [0, 0.1) is 0 Å². The number of nitrogens with one attached hydrogen (secondary N) is 2. The zero-order chi connectivity index (χ0) is 20.9. The first-order valence-electron chi connectivity index (χ1n) is 10.4. The van der Waals surface area contributed by atoms with E-state index < -0.39 is 23.8 Å². The van der Waals surface area contributed by atoms with Crippen LogP contribution in [0.25, 0.3) is 0 Å². The normalized spacial score (nSPS) is 26.4. The molecule has 3 fully saturated rings. The monoisotopic (exact) mass is 412 g/mol.